The SMILES string of the molecule is C\C=C/C=C(\C=C/C)CC(NC)C(C)=O. The molecule has 0 aromatic heterocycles. The molecular formula is C13H21NO. The van der Waals surface area contributed by atoms with Crippen LogP contribution in [0.3, 0.4) is 0 Å². The molecule has 15 heavy (non-hydrogen) atoms. The lowest BCUT2D eigenvalue weighted by Gasteiger charge is -2.12. The monoisotopic (exact) mass is 207 g/mol. The zero-order valence-electron chi connectivity index (χ0n) is 10.1. The molecule has 1 unspecified atom stereocenters. The zero-order valence-corrected chi connectivity index (χ0v) is 10.1. The van der Waals surface area contributed by atoms with Crippen LogP contribution in [-0.2, 0) is 4.79 Å². The summed E-state index contributed by atoms with van der Waals surface area (Å²) in [7, 11) is 1.81. The first kappa shape index (κ1) is 13.8. The van der Waals surface area contributed by atoms with E-state index in [0.717, 1.165) is 12.0 Å². The molecule has 0 aromatic carbocycles. The number of allylic oxidation sites excluding steroid dienone is 5. The number of ketones is 1. The molecule has 2 nitrogen and oxygen atoms in total. The maximum atomic E-state index is 11.3. The lowest BCUT2D eigenvalue weighted by Crippen LogP contribution is -2.32. The fourth-order valence-corrected chi connectivity index (χ4v) is 1.31. The van der Waals surface area contributed by atoms with Crippen molar-refractivity contribution in [2.45, 2.75) is 33.2 Å². The van der Waals surface area contributed by atoms with Crippen LogP contribution in [0.15, 0.2) is 36.0 Å². The third-order valence-corrected chi connectivity index (χ3v) is 2.16. The number of hydrogen-bond donors (Lipinski definition) is 1. The van der Waals surface area contributed by atoms with Crippen molar-refractivity contribution in [3.8, 4) is 0 Å². The Morgan fingerprint density at radius 1 is 1.33 bits per heavy atom. The van der Waals surface area contributed by atoms with Crippen LogP contribution in [0.4, 0.5) is 0 Å². The van der Waals surface area contributed by atoms with E-state index < -0.39 is 0 Å². The molecule has 0 aromatic rings. The van der Waals surface area contributed by atoms with E-state index in [1.807, 2.05) is 51.3 Å². The van der Waals surface area contributed by atoms with Gasteiger partial charge >= 0.3 is 0 Å². The Kier molecular flexibility index (Phi) is 7.56. The van der Waals surface area contributed by atoms with E-state index in [4.69, 9.17) is 0 Å². The number of Topliss-reactive ketones (excluding diaryl/α,β-unsaturated/α-hetero) is 1. The normalized spacial score (nSPS) is 15.1. The molecule has 0 radical (unpaired) electrons. The van der Waals surface area contributed by atoms with E-state index in [1.54, 1.807) is 6.92 Å². The molecule has 1 atom stereocenters. The fourth-order valence-electron chi connectivity index (χ4n) is 1.31. The van der Waals surface area contributed by atoms with Gasteiger partial charge in [-0.1, -0.05) is 30.4 Å². The summed E-state index contributed by atoms with van der Waals surface area (Å²) in [6.45, 7) is 5.57. The van der Waals surface area contributed by atoms with Gasteiger partial charge in [-0.2, -0.15) is 0 Å². The van der Waals surface area contributed by atoms with Crippen LogP contribution in [0.1, 0.15) is 27.2 Å². The highest BCUT2D eigenvalue weighted by molar-refractivity contribution is 5.81. The molecule has 0 heterocycles. The van der Waals surface area contributed by atoms with Crippen molar-refractivity contribution in [3.63, 3.8) is 0 Å². The van der Waals surface area contributed by atoms with Crippen molar-refractivity contribution in [2.75, 3.05) is 7.05 Å². The van der Waals surface area contributed by atoms with Crippen molar-refractivity contribution in [3.05, 3.63) is 36.0 Å². The standard InChI is InChI=1S/C13H21NO/c1-5-7-9-12(8-6-2)10-13(14-4)11(3)15/h5-9,13-14H,10H2,1-4H3/b7-5-,8-6-,12-9+. The molecule has 1 N–H and O–H groups in total. The minimum Gasteiger partial charge on any atom is -0.310 e. The molecular weight excluding hydrogens is 186 g/mol. The minimum atomic E-state index is -0.0855. The van der Waals surface area contributed by atoms with Crippen LogP contribution in [0, 0.1) is 0 Å². The highest BCUT2D eigenvalue weighted by Gasteiger charge is 2.11. The summed E-state index contributed by atoms with van der Waals surface area (Å²) in [6.07, 6.45) is 10.8. The van der Waals surface area contributed by atoms with Gasteiger partial charge in [-0.25, -0.2) is 0 Å². The molecule has 0 aliphatic rings. The maximum Gasteiger partial charge on any atom is 0.147 e. The first-order valence-corrected chi connectivity index (χ1v) is 5.28. The Hall–Kier alpha value is -1.15. The molecule has 0 spiro atoms. The average molecular weight is 207 g/mol. The van der Waals surface area contributed by atoms with Crippen molar-refractivity contribution in [1.82, 2.24) is 5.32 Å². The molecule has 0 saturated carbocycles. The molecule has 0 aliphatic heterocycles. The minimum absolute atomic E-state index is 0.0855. The number of likely N-dealkylation sites (N-methyl/N-ethyl adjacent to an activating group) is 1. The van der Waals surface area contributed by atoms with Crippen LogP contribution in [-0.4, -0.2) is 18.9 Å². The summed E-state index contributed by atoms with van der Waals surface area (Å²) < 4.78 is 0. The third kappa shape index (κ3) is 6.02. The zero-order chi connectivity index (χ0) is 11.7. The third-order valence-electron chi connectivity index (χ3n) is 2.16. The molecule has 0 bridgehead atoms. The van der Waals surface area contributed by atoms with E-state index in [1.165, 1.54) is 0 Å². The summed E-state index contributed by atoms with van der Waals surface area (Å²) in [5.74, 6) is 0.174. The van der Waals surface area contributed by atoms with Crippen LogP contribution in [0.25, 0.3) is 0 Å². The number of hydrogen-bond acceptors (Lipinski definition) is 2. The summed E-state index contributed by atoms with van der Waals surface area (Å²) >= 11 is 0. The van der Waals surface area contributed by atoms with Crippen molar-refractivity contribution >= 4 is 5.78 Å². The van der Waals surface area contributed by atoms with Crippen LogP contribution < -0.4 is 5.32 Å². The second kappa shape index (κ2) is 8.18. The molecule has 0 saturated heterocycles. The smallest absolute Gasteiger partial charge is 0.147 e. The van der Waals surface area contributed by atoms with E-state index in [9.17, 15) is 4.79 Å². The highest BCUT2D eigenvalue weighted by atomic mass is 16.1. The lowest BCUT2D eigenvalue weighted by molar-refractivity contribution is -0.118. The summed E-state index contributed by atoms with van der Waals surface area (Å²) in [4.78, 5) is 11.3. The first-order chi connectivity index (χ1) is 7.15. The summed E-state index contributed by atoms with van der Waals surface area (Å²) in [6, 6.07) is -0.0855. The van der Waals surface area contributed by atoms with E-state index in [2.05, 4.69) is 5.32 Å². The largest absolute Gasteiger partial charge is 0.310 e. The topological polar surface area (TPSA) is 29.1 Å². The quantitative estimate of drug-likeness (QED) is 0.678. The Labute approximate surface area is 92.8 Å². The van der Waals surface area contributed by atoms with Gasteiger partial charge in [0.15, 0.2) is 0 Å². The van der Waals surface area contributed by atoms with Gasteiger partial charge in [-0.15, -0.1) is 0 Å². The van der Waals surface area contributed by atoms with Gasteiger partial charge in [0.25, 0.3) is 0 Å². The molecule has 2 heteroatoms. The van der Waals surface area contributed by atoms with E-state index >= 15 is 0 Å². The Morgan fingerprint density at radius 3 is 2.40 bits per heavy atom. The molecule has 0 fully saturated rings. The van der Waals surface area contributed by atoms with Gasteiger partial charge in [-0.05, 0) is 39.8 Å². The summed E-state index contributed by atoms with van der Waals surface area (Å²) in [5.41, 5.74) is 1.16. The van der Waals surface area contributed by atoms with Crippen LogP contribution >= 0.6 is 0 Å². The average Bonchev–Trinajstić information content (AvgIpc) is 2.21. The van der Waals surface area contributed by atoms with Gasteiger partial charge in [-0.3, -0.25) is 4.79 Å². The lowest BCUT2D eigenvalue weighted by atomic mass is 10.0. The van der Waals surface area contributed by atoms with E-state index in [-0.39, 0.29) is 11.8 Å². The van der Waals surface area contributed by atoms with Crippen molar-refractivity contribution in [2.24, 2.45) is 0 Å². The van der Waals surface area contributed by atoms with Crippen LogP contribution in [0.2, 0.25) is 0 Å². The van der Waals surface area contributed by atoms with Gasteiger partial charge in [0.2, 0.25) is 0 Å². The number of carbonyl (C=O) groups excluding carboxylic acids is 1. The fraction of sp³-hybridized carbons (Fsp3) is 0.462. The first-order valence-electron chi connectivity index (χ1n) is 5.28. The van der Waals surface area contributed by atoms with Crippen molar-refractivity contribution in [1.29, 1.82) is 0 Å². The predicted octanol–water partition coefficient (Wildman–Crippen LogP) is 2.63. The van der Waals surface area contributed by atoms with E-state index in [0.29, 0.717) is 0 Å². The molecule has 84 valence electrons. The van der Waals surface area contributed by atoms with Gasteiger partial charge in [0.05, 0.1) is 6.04 Å². The molecule has 0 aliphatic carbocycles. The van der Waals surface area contributed by atoms with Crippen molar-refractivity contribution < 1.29 is 4.79 Å². The maximum absolute atomic E-state index is 11.3. The predicted molar refractivity (Wildman–Crippen MR) is 65.9 cm³/mol. The highest BCUT2D eigenvalue weighted by Crippen LogP contribution is 2.08. The Morgan fingerprint density at radius 2 is 2.00 bits per heavy atom. The number of rotatable bonds is 6. The Bertz CT molecular complexity index is 274. The Balaban J connectivity index is 4.58. The number of carbonyl (C=O) groups is 1. The van der Waals surface area contributed by atoms with Gasteiger partial charge < -0.3 is 5.32 Å². The second-order valence-electron chi connectivity index (χ2n) is 3.42. The van der Waals surface area contributed by atoms with Crippen LogP contribution in [0.5, 0.6) is 0 Å². The summed E-state index contributed by atoms with van der Waals surface area (Å²) in [5, 5.41) is 3.02. The van der Waals surface area contributed by atoms with Gasteiger partial charge in [0.1, 0.15) is 5.78 Å². The number of nitrogens with one attached hydrogen (secondary N) is 1. The molecule has 0 rings (SSSR count). The second-order valence-corrected chi connectivity index (χ2v) is 3.42. The van der Waals surface area contributed by atoms with Gasteiger partial charge in [0, 0.05) is 0 Å². The molecule has 0 amide bonds.